The molecule has 1 N–H and O–H groups in total. The Morgan fingerprint density at radius 2 is 1.81 bits per heavy atom. The minimum absolute atomic E-state index is 0.0905. The van der Waals surface area contributed by atoms with Gasteiger partial charge in [0.15, 0.2) is 0 Å². The van der Waals surface area contributed by atoms with Crippen LogP contribution < -0.4 is 0 Å². The standard InChI is InChI=1S/C14H10F3NO2S/c15-14(16,17)11-2-1-3-12(18-11)21-10-6-4-9(5-7-10)8-13(19)20/h1-7H,8H2,(H,19,20). The van der Waals surface area contributed by atoms with E-state index in [1.807, 2.05) is 0 Å². The number of pyridine rings is 1. The van der Waals surface area contributed by atoms with Crippen molar-refractivity contribution in [1.29, 1.82) is 0 Å². The minimum atomic E-state index is -4.47. The van der Waals surface area contributed by atoms with Gasteiger partial charge in [-0.15, -0.1) is 0 Å². The molecule has 3 nitrogen and oxygen atoms in total. The Balaban J connectivity index is 2.13. The fraction of sp³-hybridized carbons (Fsp3) is 0.143. The highest BCUT2D eigenvalue weighted by molar-refractivity contribution is 7.99. The van der Waals surface area contributed by atoms with Gasteiger partial charge in [0.25, 0.3) is 0 Å². The lowest BCUT2D eigenvalue weighted by Crippen LogP contribution is -2.07. The monoisotopic (exact) mass is 313 g/mol. The van der Waals surface area contributed by atoms with Gasteiger partial charge in [0.2, 0.25) is 0 Å². The molecule has 21 heavy (non-hydrogen) atoms. The van der Waals surface area contributed by atoms with Gasteiger partial charge in [0.05, 0.1) is 6.42 Å². The second-order valence-corrected chi connectivity index (χ2v) is 5.27. The van der Waals surface area contributed by atoms with E-state index in [2.05, 4.69) is 4.98 Å². The van der Waals surface area contributed by atoms with E-state index in [4.69, 9.17) is 5.11 Å². The van der Waals surface area contributed by atoms with E-state index < -0.39 is 17.8 Å². The van der Waals surface area contributed by atoms with Crippen LogP contribution in [-0.4, -0.2) is 16.1 Å². The van der Waals surface area contributed by atoms with Crippen LogP contribution in [0.3, 0.4) is 0 Å². The molecular weight excluding hydrogens is 303 g/mol. The summed E-state index contributed by atoms with van der Waals surface area (Å²) in [7, 11) is 0. The second-order valence-electron chi connectivity index (χ2n) is 4.18. The Kier molecular flexibility index (Phi) is 4.52. The number of alkyl halides is 3. The summed E-state index contributed by atoms with van der Waals surface area (Å²) < 4.78 is 37.7. The van der Waals surface area contributed by atoms with Crippen LogP contribution in [0.4, 0.5) is 13.2 Å². The third-order valence-corrected chi connectivity index (χ3v) is 3.46. The predicted octanol–water partition coefficient (Wildman–Crippen LogP) is 3.88. The number of aromatic nitrogens is 1. The number of hydrogen-bond acceptors (Lipinski definition) is 3. The van der Waals surface area contributed by atoms with E-state index >= 15 is 0 Å². The highest BCUT2D eigenvalue weighted by atomic mass is 32.2. The van der Waals surface area contributed by atoms with E-state index in [0.29, 0.717) is 10.5 Å². The molecule has 0 saturated carbocycles. The summed E-state index contributed by atoms with van der Waals surface area (Å²) in [5, 5.41) is 8.89. The minimum Gasteiger partial charge on any atom is -0.481 e. The molecule has 0 bridgehead atoms. The third-order valence-electron chi connectivity index (χ3n) is 2.52. The first-order chi connectivity index (χ1) is 9.84. The number of rotatable bonds is 4. The van der Waals surface area contributed by atoms with Gasteiger partial charge < -0.3 is 5.11 Å². The Labute approximate surface area is 122 Å². The smallest absolute Gasteiger partial charge is 0.433 e. The molecular formula is C14H10F3NO2S. The molecule has 0 saturated heterocycles. The molecule has 0 fully saturated rings. The summed E-state index contributed by atoms with van der Waals surface area (Å²) in [6.45, 7) is 0. The number of halogens is 3. The number of hydrogen-bond donors (Lipinski definition) is 1. The normalized spacial score (nSPS) is 11.4. The molecule has 0 amide bonds. The number of nitrogens with zero attached hydrogens (tertiary/aromatic N) is 1. The lowest BCUT2D eigenvalue weighted by Gasteiger charge is -2.07. The summed E-state index contributed by atoms with van der Waals surface area (Å²) >= 11 is 1.09. The third kappa shape index (κ3) is 4.49. The van der Waals surface area contributed by atoms with Crippen molar-refractivity contribution >= 4 is 17.7 Å². The first kappa shape index (κ1) is 15.4. The van der Waals surface area contributed by atoms with Crippen LogP contribution in [0, 0.1) is 0 Å². The Morgan fingerprint density at radius 3 is 2.38 bits per heavy atom. The average Bonchev–Trinajstić information content (AvgIpc) is 2.40. The van der Waals surface area contributed by atoms with E-state index in [0.717, 1.165) is 17.8 Å². The van der Waals surface area contributed by atoms with Gasteiger partial charge in [-0.3, -0.25) is 4.79 Å². The van der Waals surface area contributed by atoms with E-state index in [1.165, 1.54) is 12.1 Å². The molecule has 1 aromatic heterocycles. The van der Waals surface area contributed by atoms with Crippen molar-refractivity contribution in [3.8, 4) is 0 Å². The van der Waals surface area contributed by atoms with Gasteiger partial charge in [-0.05, 0) is 29.8 Å². The van der Waals surface area contributed by atoms with Crippen molar-refractivity contribution < 1.29 is 23.1 Å². The number of benzene rings is 1. The maximum absolute atomic E-state index is 12.6. The van der Waals surface area contributed by atoms with Crippen LogP contribution in [0.1, 0.15) is 11.3 Å². The average molecular weight is 313 g/mol. The molecule has 1 aromatic carbocycles. The number of carboxylic acid groups (broad SMARTS) is 1. The molecule has 1 heterocycles. The largest absolute Gasteiger partial charge is 0.481 e. The number of carboxylic acids is 1. The molecule has 0 radical (unpaired) electrons. The van der Waals surface area contributed by atoms with Gasteiger partial charge in [-0.2, -0.15) is 13.2 Å². The summed E-state index contributed by atoms with van der Waals surface area (Å²) in [6.07, 6.45) is -4.56. The molecule has 110 valence electrons. The summed E-state index contributed by atoms with van der Waals surface area (Å²) in [5.74, 6) is -0.935. The maximum atomic E-state index is 12.6. The Morgan fingerprint density at radius 1 is 1.14 bits per heavy atom. The van der Waals surface area contributed by atoms with Crippen LogP contribution in [0.2, 0.25) is 0 Å². The van der Waals surface area contributed by atoms with Gasteiger partial charge in [-0.1, -0.05) is 30.0 Å². The Hall–Kier alpha value is -2.02. The fourth-order valence-electron chi connectivity index (χ4n) is 1.60. The molecule has 0 unspecified atom stereocenters. The molecule has 0 atom stereocenters. The molecule has 0 aliphatic rings. The van der Waals surface area contributed by atoms with E-state index in [1.54, 1.807) is 24.3 Å². The Bertz CT molecular complexity index is 641. The van der Waals surface area contributed by atoms with E-state index in [-0.39, 0.29) is 11.4 Å². The van der Waals surface area contributed by atoms with Crippen molar-refractivity contribution in [2.45, 2.75) is 22.5 Å². The zero-order valence-corrected chi connectivity index (χ0v) is 11.4. The molecule has 0 aliphatic heterocycles. The SMILES string of the molecule is O=C(O)Cc1ccc(Sc2cccc(C(F)(F)F)n2)cc1. The first-order valence-electron chi connectivity index (χ1n) is 5.87. The zero-order chi connectivity index (χ0) is 15.5. The van der Waals surface area contributed by atoms with Crippen molar-refractivity contribution in [2.75, 3.05) is 0 Å². The fourth-order valence-corrected chi connectivity index (χ4v) is 2.40. The zero-order valence-electron chi connectivity index (χ0n) is 10.6. The quantitative estimate of drug-likeness (QED) is 0.930. The molecule has 0 spiro atoms. The van der Waals surface area contributed by atoms with Crippen LogP contribution in [-0.2, 0) is 17.4 Å². The summed E-state index contributed by atoms with van der Waals surface area (Å²) in [6, 6.07) is 10.3. The van der Waals surface area contributed by atoms with Crippen molar-refractivity contribution in [1.82, 2.24) is 4.98 Å². The lowest BCUT2D eigenvalue weighted by atomic mass is 10.2. The van der Waals surface area contributed by atoms with Crippen LogP contribution in [0.15, 0.2) is 52.4 Å². The predicted molar refractivity (Wildman–Crippen MR) is 71.1 cm³/mol. The van der Waals surface area contributed by atoms with Crippen molar-refractivity contribution in [2.24, 2.45) is 0 Å². The highest BCUT2D eigenvalue weighted by Gasteiger charge is 2.32. The lowest BCUT2D eigenvalue weighted by molar-refractivity contribution is -0.141. The van der Waals surface area contributed by atoms with Gasteiger partial charge in [0.1, 0.15) is 10.7 Å². The number of carbonyl (C=O) groups is 1. The van der Waals surface area contributed by atoms with Gasteiger partial charge in [-0.25, -0.2) is 4.98 Å². The second kappa shape index (κ2) is 6.17. The first-order valence-corrected chi connectivity index (χ1v) is 6.69. The molecule has 2 aromatic rings. The van der Waals surface area contributed by atoms with Gasteiger partial charge >= 0.3 is 12.1 Å². The molecule has 2 rings (SSSR count). The van der Waals surface area contributed by atoms with Crippen LogP contribution in [0.5, 0.6) is 0 Å². The van der Waals surface area contributed by atoms with Crippen molar-refractivity contribution in [3.05, 3.63) is 53.7 Å². The maximum Gasteiger partial charge on any atom is 0.433 e. The van der Waals surface area contributed by atoms with Crippen LogP contribution in [0.25, 0.3) is 0 Å². The molecule has 7 heteroatoms. The van der Waals surface area contributed by atoms with Crippen LogP contribution >= 0.6 is 11.8 Å². The van der Waals surface area contributed by atoms with E-state index in [9.17, 15) is 18.0 Å². The summed E-state index contributed by atoms with van der Waals surface area (Å²) in [5.41, 5.74) is -0.307. The topological polar surface area (TPSA) is 50.2 Å². The summed E-state index contributed by atoms with van der Waals surface area (Å²) in [4.78, 5) is 14.8. The van der Waals surface area contributed by atoms with Crippen molar-refractivity contribution in [3.63, 3.8) is 0 Å². The number of aliphatic carboxylic acids is 1. The highest BCUT2D eigenvalue weighted by Crippen LogP contribution is 2.31. The van der Waals surface area contributed by atoms with Gasteiger partial charge in [0, 0.05) is 4.90 Å². The molecule has 0 aliphatic carbocycles.